The normalized spacial score (nSPS) is 10.6. The second-order valence-corrected chi connectivity index (χ2v) is 5.03. The van der Waals surface area contributed by atoms with Gasteiger partial charge in [0.2, 0.25) is 0 Å². The van der Waals surface area contributed by atoms with E-state index in [0.29, 0.717) is 5.82 Å². The van der Waals surface area contributed by atoms with Crippen molar-refractivity contribution in [1.82, 2.24) is 9.97 Å². The van der Waals surface area contributed by atoms with Crippen molar-refractivity contribution in [3.63, 3.8) is 0 Å². The minimum atomic E-state index is 0.613. The topological polar surface area (TPSA) is 63.8 Å². The van der Waals surface area contributed by atoms with Gasteiger partial charge >= 0.3 is 0 Å². The van der Waals surface area contributed by atoms with Crippen LogP contribution in [0.5, 0.6) is 0 Å². The first-order valence-corrected chi connectivity index (χ1v) is 7.62. The smallest absolute Gasteiger partial charge is 0.134 e. The van der Waals surface area contributed by atoms with Gasteiger partial charge in [0, 0.05) is 12.1 Å². The number of hydrogen-bond acceptors (Lipinski definition) is 4. The molecule has 0 unspecified atom stereocenters. The summed E-state index contributed by atoms with van der Waals surface area (Å²) in [5, 5.41) is 3.40. The van der Waals surface area contributed by atoms with E-state index in [-0.39, 0.29) is 0 Å². The second kappa shape index (κ2) is 9.59. The van der Waals surface area contributed by atoms with Crippen LogP contribution in [-0.4, -0.2) is 16.5 Å². The fourth-order valence-electron chi connectivity index (χ4n) is 2.19. The van der Waals surface area contributed by atoms with Crippen molar-refractivity contribution in [2.45, 2.75) is 65.2 Å². The van der Waals surface area contributed by atoms with Crippen LogP contribution in [0, 0.1) is 0 Å². The molecule has 0 aliphatic heterocycles. The number of nitrogens with one attached hydrogen (secondary N) is 1. The summed E-state index contributed by atoms with van der Waals surface area (Å²) in [6.07, 6.45) is 11.4. The van der Waals surface area contributed by atoms with Crippen LogP contribution in [0.3, 0.4) is 0 Å². The van der Waals surface area contributed by atoms with Gasteiger partial charge in [-0.15, -0.1) is 0 Å². The minimum absolute atomic E-state index is 0.613. The molecule has 0 atom stereocenters. The second-order valence-electron chi connectivity index (χ2n) is 5.03. The summed E-state index contributed by atoms with van der Waals surface area (Å²) < 4.78 is 0. The number of nitrogens with two attached hydrogens (primary N) is 1. The van der Waals surface area contributed by atoms with Gasteiger partial charge in [-0.3, -0.25) is 0 Å². The average Bonchev–Trinajstić information content (AvgIpc) is 2.41. The number of rotatable bonds is 10. The molecule has 0 radical (unpaired) electrons. The number of nitrogens with zero attached hydrogens (tertiary/aromatic N) is 2. The highest BCUT2D eigenvalue weighted by Crippen LogP contribution is 2.19. The first kappa shape index (κ1) is 15.7. The lowest BCUT2D eigenvalue weighted by atomic mass is 10.1. The molecule has 4 heteroatoms. The monoisotopic (exact) mass is 264 g/mol. The SMILES string of the molecule is CCCCCCCCNc1ncnc(N)c1CCC. The van der Waals surface area contributed by atoms with Gasteiger partial charge in [-0.05, 0) is 12.8 Å². The van der Waals surface area contributed by atoms with Gasteiger partial charge in [0.15, 0.2) is 0 Å². The maximum absolute atomic E-state index is 5.90. The van der Waals surface area contributed by atoms with E-state index in [0.717, 1.165) is 30.8 Å². The van der Waals surface area contributed by atoms with Crippen molar-refractivity contribution in [1.29, 1.82) is 0 Å². The maximum Gasteiger partial charge on any atom is 0.134 e. The lowest BCUT2D eigenvalue weighted by Gasteiger charge is -2.11. The van der Waals surface area contributed by atoms with Crippen molar-refractivity contribution in [3.8, 4) is 0 Å². The molecule has 19 heavy (non-hydrogen) atoms. The minimum Gasteiger partial charge on any atom is -0.383 e. The Hall–Kier alpha value is -1.32. The van der Waals surface area contributed by atoms with Crippen LogP contribution in [0.4, 0.5) is 11.6 Å². The Bertz CT molecular complexity index is 352. The van der Waals surface area contributed by atoms with Crippen LogP contribution in [0.1, 0.15) is 64.4 Å². The third-order valence-corrected chi connectivity index (χ3v) is 3.30. The molecule has 1 rings (SSSR count). The van der Waals surface area contributed by atoms with Gasteiger partial charge in [0.1, 0.15) is 18.0 Å². The fraction of sp³-hybridized carbons (Fsp3) is 0.733. The molecular weight excluding hydrogens is 236 g/mol. The van der Waals surface area contributed by atoms with Gasteiger partial charge in [0.25, 0.3) is 0 Å². The van der Waals surface area contributed by atoms with Crippen molar-refractivity contribution in [3.05, 3.63) is 11.9 Å². The number of unbranched alkanes of at least 4 members (excludes halogenated alkanes) is 5. The van der Waals surface area contributed by atoms with Crippen LogP contribution in [0.25, 0.3) is 0 Å². The quantitative estimate of drug-likeness (QED) is 0.631. The molecule has 0 aliphatic carbocycles. The van der Waals surface area contributed by atoms with Crippen LogP contribution < -0.4 is 11.1 Å². The number of anilines is 2. The Labute approximate surface area is 117 Å². The third-order valence-electron chi connectivity index (χ3n) is 3.30. The molecule has 0 aromatic carbocycles. The summed E-state index contributed by atoms with van der Waals surface area (Å²) in [6.45, 7) is 5.36. The number of hydrogen-bond donors (Lipinski definition) is 2. The lowest BCUT2D eigenvalue weighted by Crippen LogP contribution is -2.09. The Morgan fingerprint density at radius 1 is 1.00 bits per heavy atom. The predicted molar refractivity (Wildman–Crippen MR) is 82.3 cm³/mol. The molecule has 0 aliphatic rings. The summed E-state index contributed by atoms with van der Waals surface area (Å²) >= 11 is 0. The molecule has 0 saturated carbocycles. The molecular formula is C15H28N4. The van der Waals surface area contributed by atoms with Crippen LogP contribution in [0.15, 0.2) is 6.33 Å². The molecule has 0 bridgehead atoms. The zero-order chi connectivity index (χ0) is 13.9. The highest BCUT2D eigenvalue weighted by Gasteiger charge is 2.07. The van der Waals surface area contributed by atoms with Crippen molar-refractivity contribution in [2.75, 3.05) is 17.6 Å². The van der Waals surface area contributed by atoms with Crippen molar-refractivity contribution in [2.24, 2.45) is 0 Å². The highest BCUT2D eigenvalue weighted by molar-refractivity contribution is 5.54. The maximum atomic E-state index is 5.90. The molecule has 0 fully saturated rings. The highest BCUT2D eigenvalue weighted by atomic mass is 15.0. The summed E-state index contributed by atoms with van der Waals surface area (Å²) in [5.74, 6) is 1.53. The van der Waals surface area contributed by atoms with Crippen LogP contribution in [0.2, 0.25) is 0 Å². The molecule has 4 nitrogen and oxygen atoms in total. The number of aromatic nitrogens is 2. The molecule has 0 saturated heterocycles. The van der Waals surface area contributed by atoms with Crippen LogP contribution in [-0.2, 0) is 6.42 Å². The van der Waals surface area contributed by atoms with E-state index in [2.05, 4.69) is 29.1 Å². The van der Waals surface area contributed by atoms with E-state index in [1.54, 1.807) is 0 Å². The molecule has 0 amide bonds. The van der Waals surface area contributed by atoms with Gasteiger partial charge < -0.3 is 11.1 Å². The summed E-state index contributed by atoms with van der Waals surface area (Å²) in [4.78, 5) is 8.37. The van der Waals surface area contributed by atoms with Crippen molar-refractivity contribution >= 4 is 11.6 Å². The zero-order valence-corrected chi connectivity index (χ0v) is 12.4. The molecule has 1 heterocycles. The summed E-state index contributed by atoms with van der Waals surface area (Å²) in [7, 11) is 0. The van der Waals surface area contributed by atoms with E-state index in [1.165, 1.54) is 44.9 Å². The lowest BCUT2D eigenvalue weighted by molar-refractivity contribution is 0.616. The van der Waals surface area contributed by atoms with Gasteiger partial charge in [-0.2, -0.15) is 0 Å². The molecule has 1 aromatic heterocycles. The van der Waals surface area contributed by atoms with Gasteiger partial charge in [-0.25, -0.2) is 9.97 Å². The first-order valence-electron chi connectivity index (χ1n) is 7.62. The third kappa shape index (κ3) is 5.90. The fourth-order valence-corrected chi connectivity index (χ4v) is 2.19. The molecule has 108 valence electrons. The van der Waals surface area contributed by atoms with E-state index in [9.17, 15) is 0 Å². The van der Waals surface area contributed by atoms with Gasteiger partial charge in [0.05, 0.1) is 0 Å². The van der Waals surface area contributed by atoms with E-state index in [4.69, 9.17) is 5.73 Å². The Morgan fingerprint density at radius 3 is 2.47 bits per heavy atom. The summed E-state index contributed by atoms with van der Waals surface area (Å²) in [5.41, 5.74) is 6.97. The van der Waals surface area contributed by atoms with E-state index < -0.39 is 0 Å². The van der Waals surface area contributed by atoms with Crippen LogP contribution >= 0.6 is 0 Å². The largest absolute Gasteiger partial charge is 0.383 e. The Balaban J connectivity index is 2.30. The zero-order valence-electron chi connectivity index (χ0n) is 12.4. The number of nitrogen functional groups attached to an aromatic ring is 1. The molecule has 1 aromatic rings. The predicted octanol–water partition coefficient (Wildman–Crippen LogP) is 3.78. The Morgan fingerprint density at radius 2 is 1.74 bits per heavy atom. The molecule has 0 spiro atoms. The standard InChI is InChI=1S/C15H28N4/c1-3-5-6-7-8-9-11-17-15-13(10-4-2)14(16)18-12-19-15/h12H,3-11H2,1-2H3,(H3,16,17,18,19). The van der Waals surface area contributed by atoms with E-state index in [1.807, 2.05) is 0 Å². The van der Waals surface area contributed by atoms with E-state index >= 15 is 0 Å². The summed E-state index contributed by atoms with van der Waals surface area (Å²) in [6, 6.07) is 0. The Kier molecular flexibility index (Phi) is 7.94. The molecule has 3 N–H and O–H groups in total. The van der Waals surface area contributed by atoms with Crippen molar-refractivity contribution < 1.29 is 0 Å². The average molecular weight is 264 g/mol. The first-order chi connectivity index (χ1) is 9.29. The van der Waals surface area contributed by atoms with Gasteiger partial charge in [-0.1, -0.05) is 52.4 Å².